The Morgan fingerprint density at radius 3 is 2.71 bits per heavy atom. The Morgan fingerprint density at radius 1 is 1.21 bits per heavy atom. The summed E-state index contributed by atoms with van der Waals surface area (Å²) in [6.45, 7) is 0. The van der Waals surface area contributed by atoms with Gasteiger partial charge >= 0.3 is 6.03 Å². The molecule has 1 fully saturated rings. The number of hydrogen-bond donors (Lipinski definition) is 2. The second-order valence-corrected chi connectivity index (χ2v) is 6.54. The molecule has 0 radical (unpaired) electrons. The Balaban J connectivity index is 1.44. The largest absolute Gasteiger partial charge is 0.335 e. The lowest BCUT2D eigenvalue weighted by molar-refractivity contribution is -0.117. The highest BCUT2D eigenvalue weighted by Gasteiger charge is 2.18. The quantitative estimate of drug-likeness (QED) is 0.811. The molecule has 8 heteroatoms. The van der Waals surface area contributed by atoms with Crippen molar-refractivity contribution in [2.45, 2.75) is 36.9 Å². The summed E-state index contributed by atoms with van der Waals surface area (Å²) in [6.07, 6.45) is 5.83. The molecule has 3 rings (SSSR count). The number of amides is 3. The Morgan fingerprint density at radius 2 is 1.96 bits per heavy atom. The van der Waals surface area contributed by atoms with Gasteiger partial charge in [-0.2, -0.15) is 0 Å². The van der Waals surface area contributed by atoms with Gasteiger partial charge < -0.3 is 5.32 Å². The number of imide groups is 1. The van der Waals surface area contributed by atoms with Crippen LogP contribution in [0.4, 0.5) is 4.79 Å². The zero-order valence-corrected chi connectivity index (χ0v) is 14.0. The minimum absolute atomic E-state index is 0.0941. The van der Waals surface area contributed by atoms with Crippen molar-refractivity contribution >= 4 is 23.7 Å². The Kier molecular flexibility index (Phi) is 5.47. The van der Waals surface area contributed by atoms with Crippen molar-refractivity contribution in [2.75, 3.05) is 5.75 Å². The van der Waals surface area contributed by atoms with Crippen LogP contribution in [0.3, 0.4) is 0 Å². The van der Waals surface area contributed by atoms with Gasteiger partial charge in [0.2, 0.25) is 11.1 Å². The number of hydrogen-bond acceptors (Lipinski definition) is 5. The van der Waals surface area contributed by atoms with Crippen LogP contribution in [0.1, 0.15) is 25.7 Å². The van der Waals surface area contributed by atoms with Crippen LogP contribution >= 0.6 is 11.8 Å². The van der Waals surface area contributed by atoms with E-state index in [0.29, 0.717) is 5.16 Å². The molecular formula is C16H19N5O2S. The van der Waals surface area contributed by atoms with Gasteiger partial charge in [0, 0.05) is 6.04 Å². The molecule has 0 unspecified atom stereocenters. The predicted octanol–water partition coefficient (Wildman–Crippen LogP) is 2.13. The summed E-state index contributed by atoms with van der Waals surface area (Å²) in [5.41, 5.74) is 0.900. The first-order valence-electron chi connectivity index (χ1n) is 7.91. The molecule has 7 nitrogen and oxygen atoms in total. The highest BCUT2D eigenvalue weighted by Crippen LogP contribution is 2.17. The van der Waals surface area contributed by atoms with Gasteiger partial charge in [-0.15, -0.1) is 5.10 Å². The minimum Gasteiger partial charge on any atom is -0.335 e. The van der Waals surface area contributed by atoms with Crippen molar-refractivity contribution in [2.24, 2.45) is 0 Å². The van der Waals surface area contributed by atoms with Crippen LogP contribution in [0.25, 0.3) is 5.69 Å². The minimum atomic E-state index is -0.421. The van der Waals surface area contributed by atoms with Crippen molar-refractivity contribution in [1.82, 2.24) is 25.4 Å². The SMILES string of the molecule is O=C(CSc1ncn(-c2ccccc2)n1)NC(=O)NC1CCCC1. The highest BCUT2D eigenvalue weighted by molar-refractivity contribution is 7.99. The number of nitrogens with one attached hydrogen (secondary N) is 2. The molecule has 2 aromatic rings. The zero-order chi connectivity index (χ0) is 16.8. The topological polar surface area (TPSA) is 88.9 Å². The van der Waals surface area contributed by atoms with Crippen molar-refractivity contribution in [3.8, 4) is 5.69 Å². The summed E-state index contributed by atoms with van der Waals surface area (Å²) < 4.78 is 1.65. The first-order chi connectivity index (χ1) is 11.7. The highest BCUT2D eigenvalue weighted by atomic mass is 32.2. The van der Waals surface area contributed by atoms with Crippen LogP contribution in [0, 0.1) is 0 Å². The molecule has 3 amide bonds. The third kappa shape index (κ3) is 4.58. The van der Waals surface area contributed by atoms with E-state index in [1.807, 2.05) is 30.3 Å². The number of rotatable bonds is 5. The zero-order valence-electron chi connectivity index (χ0n) is 13.1. The molecule has 0 atom stereocenters. The predicted molar refractivity (Wildman–Crippen MR) is 91.0 cm³/mol. The van der Waals surface area contributed by atoms with Crippen LogP contribution in [0.2, 0.25) is 0 Å². The fourth-order valence-electron chi connectivity index (χ4n) is 2.60. The molecule has 0 aliphatic heterocycles. The number of para-hydroxylation sites is 1. The average molecular weight is 345 g/mol. The Bertz CT molecular complexity index is 698. The Labute approximate surface area is 144 Å². The molecule has 1 aromatic heterocycles. The molecule has 126 valence electrons. The van der Waals surface area contributed by atoms with Crippen molar-refractivity contribution in [3.63, 3.8) is 0 Å². The van der Waals surface area contributed by atoms with E-state index in [1.165, 1.54) is 11.8 Å². The van der Waals surface area contributed by atoms with E-state index < -0.39 is 6.03 Å². The fourth-order valence-corrected chi connectivity index (χ4v) is 3.20. The van der Waals surface area contributed by atoms with E-state index in [9.17, 15) is 9.59 Å². The maximum atomic E-state index is 11.8. The summed E-state index contributed by atoms with van der Waals surface area (Å²) in [7, 11) is 0. The van der Waals surface area contributed by atoms with E-state index in [4.69, 9.17) is 0 Å². The van der Waals surface area contributed by atoms with Gasteiger partial charge in [-0.25, -0.2) is 14.5 Å². The molecule has 0 saturated heterocycles. The lowest BCUT2D eigenvalue weighted by Crippen LogP contribution is -2.44. The van der Waals surface area contributed by atoms with Gasteiger partial charge in [-0.3, -0.25) is 10.1 Å². The molecule has 1 aliphatic rings. The summed E-state index contributed by atoms with van der Waals surface area (Å²) in [5, 5.41) is 9.96. The van der Waals surface area contributed by atoms with Crippen LogP contribution in [-0.4, -0.2) is 38.5 Å². The molecule has 1 aliphatic carbocycles. The van der Waals surface area contributed by atoms with Crippen LogP contribution < -0.4 is 10.6 Å². The smallest absolute Gasteiger partial charge is 0.321 e. The molecule has 24 heavy (non-hydrogen) atoms. The van der Waals surface area contributed by atoms with Crippen LogP contribution in [0.5, 0.6) is 0 Å². The van der Waals surface area contributed by atoms with Gasteiger partial charge in [0.1, 0.15) is 6.33 Å². The van der Waals surface area contributed by atoms with Crippen molar-refractivity contribution in [3.05, 3.63) is 36.7 Å². The van der Waals surface area contributed by atoms with Crippen molar-refractivity contribution in [1.29, 1.82) is 0 Å². The molecule has 0 bridgehead atoms. The number of nitrogens with zero attached hydrogens (tertiary/aromatic N) is 3. The first kappa shape index (κ1) is 16.5. The number of carbonyl (C=O) groups excluding carboxylic acids is 2. The van der Waals surface area contributed by atoms with Gasteiger partial charge in [-0.1, -0.05) is 42.8 Å². The monoisotopic (exact) mass is 345 g/mol. The van der Waals surface area contributed by atoms with E-state index in [1.54, 1.807) is 11.0 Å². The lowest BCUT2D eigenvalue weighted by Gasteiger charge is -2.11. The second-order valence-electron chi connectivity index (χ2n) is 5.60. The van der Waals surface area contributed by atoms with Gasteiger partial charge in [0.25, 0.3) is 0 Å². The maximum absolute atomic E-state index is 11.8. The van der Waals surface area contributed by atoms with Crippen molar-refractivity contribution < 1.29 is 9.59 Å². The average Bonchev–Trinajstić information content (AvgIpc) is 3.25. The summed E-state index contributed by atoms with van der Waals surface area (Å²) in [6, 6.07) is 9.37. The van der Waals surface area contributed by atoms with Crippen LogP contribution in [0.15, 0.2) is 41.8 Å². The summed E-state index contributed by atoms with van der Waals surface area (Å²) >= 11 is 1.19. The summed E-state index contributed by atoms with van der Waals surface area (Å²) in [5.74, 6) is -0.261. The molecular weight excluding hydrogens is 326 g/mol. The van der Waals surface area contributed by atoms with E-state index in [-0.39, 0.29) is 17.7 Å². The molecule has 1 aromatic carbocycles. The number of carbonyl (C=O) groups is 2. The van der Waals surface area contributed by atoms with Crippen LogP contribution in [-0.2, 0) is 4.79 Å². The number of benzene rings is 1. The lowest BCUT2D eigenvalue weighted by atomic mass is 10.2. The number of thioether (sulfide) groups is 1. The fraction of sp³-hybridized carbons (Fsp3) is 0.375. The molecule has 0 spiro atoms. The molecule has 1 saturated carbocycles. The third-order valence-corrected chi connectivity index (χ3v) is 4.62. The maximum Gasteiger partial charge on any atom is 0.321 e. The Hall–Kier alpha value is -2.35. The van der Waals surface area contributed by atoms with E-state index in [2.05, 4.69) is 20.7 Å². The van der Waals surface area contributed by atoms with E-state index >= 15 is 0 Å². The molecule has 2 N–H and O–H groups in total. The normalized spacial score (nSPS) is 14.5. The molecule has 1 heterocycles. The van der Waals surface area contributed by atoms with E-state index in [0.717, 1.165) is 31.4 Å². The van der Waals surface area contributed by atoms with Gasteiger partial charge in [0.05, 0.1) is 11.4 Å². The van der Waals surface area contributed by atoms with Gasteiger partial charge in [-0.05, 0) is 25.0 Å². The summed E-state index contributed by atoms with van der Waals surface area (Å²) in [4.78, 5) is 27.7. The standard InChI is InChI=1S/C16H19N5O2S/c22-14(19-15(23)18-12-6-4-5-7-12)10-24-16-17-11-21(20-16)13-8-2-1-3-9-13/h1-3,8-9,11-12H,4-7,10H2,(H2,18,19,22,23). The number of aromatic nitrogens is 3. The third-order valence-electron chi connectivity index (χ3n) is 3.77. The van der Waals surface area contributed by atoms with Gasteiger partial charge in [0.15, 0.2) is 0 Å². The first-order valence-corrected chi connectivity index (χ1v) is 8.89. The second kappa shape index (κ2) is 7.96. The number of urea groups is 1.